The molecule has 35 heavy (non-hydrogen) atoms. The van der Waals surface area contributed by atoms with Gasteiger partial charge in [0.2, 0.25) is 0 Å². The largest absolute Gasteiger partial charge is 0.506 e. The van der Waals surface area contributed by atoms with Crippen LogP contribution in [0.1, 0.15) is 31.0 Å². The Labute approximate surface area is 215 Å². The Morgan fingerprint density at radius 3 is 2.57 bits per heavy atom. The quantitative estimate of drug-likeness (QED) is 0.505. The molecule has 0 spiro atoms. The lowest BCUT2D eigenvalue weighted by Crippen LogP contribution is -2.39. The highest BCUT2D eigenvalue weighted by Crippen LogP contribution is 2.33. The Morgan fingerprint density at radius 1 is 1.26 bits per heavy atom. The van der Waals surface area contributed by atoms with E-state index in [1.165, 1.54) is 22.8 Å². The van der Waals surface area contributed by atoms with E-state index < -0.39 is 12.0 Å². The molecule has 0 bridgehead atoms. The first kappa shape index (κ1) is 25.0. The van der Waals surface area contributed by atoms with E-state index in [0.29, 0.717) is 31.2 Å². The second-order valence-corrected chi connectivity index (χ2v) is 9.97. The lowest BCUT2D eigenvalue weighted by molar-refractivity contribution is -0.139. The van der Waals surface area contributed by atoms with Crippen molar-refractivity contribution in [1.82, 2.24) is 4.57 Å². The highest BCUT2D eigenvalue weighted by atomic mass is 35.5. The number of allylic oxidation sites excluding steroid dienone is 1. The Kier molecular flexibility index (Phi) is 7.07. The molecule has 0 amide bonds. The fraction of sp³-hybridized carbons (Fsp3) is 0.240. The number of phenols is 1. The number of carbonyl (C=O) groups excluding carboxylic acids is 1. The summed E-state index contributed by atoms with van der Waals surface area (Å²) in [5, 5.41) is 10.8. The highest BCUT2D eigenvalue weighted by Gasteiger charge is 2.33. The third-order valence-electron chi connectivity index (χ3n) is 5.59. The van der Waals surface area contributed by atoms with Crippen molar-refractivity contribution in [3.63, 3.8) is 0 Å². The number of esters is 1. The van der Waals surface area contributed by atoms with Crippen LogP contribution in [0.4, 0.5) is 5.69 Å². The second kappa shape index (κ2) is 9.89. The molecule has 10 heteroatoms. The van der Waals surface area contributed by atoms with Crippen LogP contribution in [0.2, 0.25) is 10.0 Å². The van der Waals surface area contributed by atoms with E-state index in [1.54, 1.807) is 13.8 Å². The summed E-state index contributed by atoms with van der Waals surface area (Å²) < 4.78 is 7.12. The zero-order valence-corrected chi connectivity index (χ0v) is 21.8. The molecule has 2 heterocycles. The van der Waals surface area contributed by atoms with Crippen molar-refractivity contribution < 1.29 is 14.6 Å². The summed E-state index contributed by atoms with van der Waals surface area (Å²) in [6.07, 6.45) is 1.52. The molecule has 0 saturated heterocycles. The van der Waals surface area contributed by atoms with E-state index in [2.05, 4.69) is 4.99 Å². The maximum Gasteiger partial charge on any atom is 0.338 e. The van der Waals surface area contributed by atoms with E-state index in [1.807, 2.05) is 43.3 Å². The topological polar surface area (TPSA) is 84.1 Å². The van der Waals surface area contributed by atoms with E-state index >= 15 is 0 Å². The summed E-state index contributed by atoms with van der Waals surface area (Å²) in [5.74, 6) is -0.704. The molecular weight excluding hydrogens is 509 g/mol. The number of benzene rings is 2. The molecule has 2 aromatic carbocycles. The fourth-order valence-corrected chi connectivity index (χ4v) is 5.45. The molecule has 0 aliphatic carbocycles. The molecule has 1 aromatic heterocycles. The summed E-state index contributed by atoms with van der Waals surface area (Å²) in [7, 11) is 3.87. The fourth-order valence-electron chi connectivity index (χ4n) is 3.90. The molecule has 3 aromatic rings. The number of aromatic nitrogens is 1. The lowest BCUT2D eigenvalue weighted by atomic mass is 9.95. The van der Waals surface area contributed by atoms with Gasteiger partial charge >= 0.3 is 5.97 Å². The lowest BCUT2D eigenvalue weighted by Gasteiger charge is -2.25. The van der Waals surface area contributed by atoms with Crippen molar-refractivity contribution in [2.24, 2.45) is 4.99 Å². The summed E-state index contributed by atoms with van der Waals surface area (Å²) >= 11 is 13.3. The number of aromatic hydroxyl groups is 1. The van der Waals surface area contributed by atoms with Gasteiger partial charge in [-0.25, -0.2) is 9.79 Å². The second-order valence-electron chi connectivity index (χ2n) is 8.11. The Hall–Kier alpha value is -3.07. The highest BCUT2D eigenvalue weighted by molar-refractivity contribution is 7.07. The van der Waals surface area contributed by atoms with Crippen LogP contribution >= 0.6 is 34.5 Å². The van der Waals surface area contributed by atoms with Crippen molar-refractivity contribution in [2.45, 2.75) is 19.9 Å². The van der Waals surface area contributed by atoms with Crippen molar-refractivity contribution in [3.05, 3.63) is 88.5 Å². The normalized spacial score (nSPS) is 15.6. The summed E-state index contributed by atoms with van der Waals surface area (Å²) in [5.41, 5.74) is 2.45. The predicted octanol–water partition coefficient (Wildman–Crippen LogP) is 3.88. The SMILES string of the molecule is CCOC(=O)C1=C(C)N=c2s/c(=C\c3cc(Cl)cc(Cl)c3O)c(=O)n2C1c1ccc(N(C)C)cc1. The molecule has 1 N–H and O–H groups in total. The summed E-state index contributed by atoms with van der Waals surface area (Å²) in [6.45, 7) is 3.65. The molecule has 0 radical (unpaired) electrons. The van der Waals surface area contributed by atoms with Crippen LogP contribution in [0.15, 0.2) is 57.5 Å². The van der Waals surface area contributed by atoms with Crippen LogP contribution in [-0.4, -0.2) is 36.3 Å². The number of rotatable bonds is 5. The first-order valence-electron chi connectivity index (χ1n) is 10.8. The molecule has 1 atom stereocenters. The van der Waals surface area contributed by atoms with Crippen LogP contribution in [0.3, 0.4) is 0 Å². The molecule has 7 nitrogen and oxygen atoms in total. The number of halogens is 2. The average Bonchev–Trinajstić information content (AvgIpc) is 3.10. The Balaban J connectivity index is 1.96. The van der Waals surface area contributed by atoms with Crippen molar-refractivity contribution in [3.8, 4) is 5.75 Å². The number of anilines is 1. The molecule has 4 rings (SSSR count). The van der Waals surface area contributed by atoms with Gasteiger partial charge in [0, 0.05) is 30.4 Å². The van der Waals surface area contributed by atoms with Crippen LogP contribution in [0.25, 0.3) is 6.08 Å². The molecule has 1 aliphatic rings. The Bertz CT molecular complexity index is 1520. The minimum Gasteiger partial charge on any atom is -0.506 e. The average molecular weight is 532 g/mol. The minimum atomic E-state index is -0.722. The maximum absolute atomic E-state index is 13.6. The predicted molar refractivity (Wildman–Crippen MR) is 139 cm³/mol. The van der Waals surface area contributed by atoms with Crippen LogP contribution in [0.5, 0.6) is 5.75 Å². The van der Waals surface area contributed by atoms with Gasteiger partial charge in [0.25, 0.3) is 5.56 Å². The monoisotopic (exact) mass is 531 g/mol. The van der Waals surface area contributed by atoms with E-state index in [0.717, 1.165) is 22.6 Å². The number of hydrogen-bond donors (Lipinski definition) is 1. The van der Waals surface area contributed by atoms with Gasteiger partial charge < -0.3 is 14.7 Å². The van der Waals surface area contributed by atoms with Crippen molar-refractivity contribution >= 4 is 52.3 Å². The zero-order chi connectivity index (χ0) is 25.4. The number of nitrogens with zero attached hydrogens (tertiary/aromatic N) is 3. The molecular formula is C25H23Cl2N3O4S. The van der Waals surface area contributed by atoms with Crippen molar-refractivity contribution in [2.75, 3.05) is 25.6 Å². The molecule has 1 unspecified atom stereocenters. The number of thiazole rings is 1. The smallest absolute Gasteiger partial charge is 0.338 e. The maximum atomic E-state index is 13.6. The number of hydrogen-bond acceptors (Lipinski definition) is 7. The standard InChI is InChI=1S/C25H23Cl2N3O4S/c1-5-34-24(33)20-13(2)28-25-30(21(20)14-6-8-17(9-7-14)29(3)4)23(32)19(35-25)11-15-10-16(26)12-18(27)22(15)31/h6-12,21,31H,5H2,1-4H3/b19-11-. The van der Waals surface area contributed by atoms with Crippen molar-refractivity contribution in [1.29, 1.82) is 0 Å². The van der Waals surface area contributed by atoms with Gasteiger partial charge in [-0.15, -0.1) is 0 Å². The molecule has 0 fully saturated rings. The Morgan fingerprint density at radius 2 is 1.94 bits per heavy atom. The summed E-state index contributed by atoms with van der Waals surface area (Å²) in [4.78, 5) is 33.6. The van der Waals surface area contributed by atoms with Crippen LogP contribution in [-0.2, 0) is 9.53 Å². The third kappa shape index (κ3) is 4.74. The van der Waals surface area contributed by atoms with E-state index in [-0.39, 0.29) is 22.9 Å². The summed E-state index contributed by atoms with van der Waals surface area (Å²) in [6, 6.07) is 9.84. The van der Waals surface area contributed by atoms with Gasteiger partial charge in [-0.1, -0.05) is 46.7 Å². The molecule has 182 valence electrons. The number of ether oxygens (including phenoxy) is 1. The molecule has 0 saturated carbocycles. The zero-order valence-electron chi connectivity index (χ0n) is 19.5. The van der Waals surface area contributed by atoms with E-state index in [9.17, 15) is 14.7 Å². The number of phenolic OH excluding ortho intramolecular Hbond substituents is 1. The van der Waals surface area contributed by atoms with E-state index in [4.69, 9.17) is 27.9 Å². The van der Waals surface area contributed by atoms with Crippen LogP contribution in [0, 0.1) is 0 Å². The van der Waals surface area contributed by atoms with Gasteiger partial charge in [0.15, 0.2) is 4.80 Å². The van der Waals surface area contributed by atoms with Gasteiger partial charge in [-0.05, 0) is 49.8 Å². The number of carbonyl (C=O) groups is 1. The van der Waals surface area contributed by atoms with Gasteiger partial charge in [-0.2, -0.15) is 0 Å². The molecule has 1 aliphatic heterocycles. The van der Waals surface area contributed by atoms with Gasteiger partial charge in [0.05, 0.1) is 33.5 Å². The third-order valence-corrected chi connectivity index (χ3v) is 7.08. The number of fused-ring (bicyclic) bond motifs is 1. The van der Waals surface area contributed by atoms with Crippen LogP contribution < -0.4 is 19.8 Å². The first-order chi connectivity index (χ1) is 16.6. The van der Waals surface area contributed by atoms with Gasteiger partial charge in [0.1, 0.15) is 5.75 Å². The first-order valence-corrected chi connectivity index (χ1v) is 12.3. The van der Waals surface area contributed by atoms with Gasteiger partial charge in [-0.3, -0.25) is 9.36 Å². The minimum absolute atomic E-state index is 0.0795.